The molecule has 20 heavy (non-hydrogen) atoms. The van der Waals surface area contributed by atoms with Crippen LogP contribution in [0.25, 0.3) is 10.2 Å². The van der Waals surface area contributed by atoms with Gasteiger partial charge in [0, 0.05) is 24.4 Å². The first-order valence-corrected chi connectivity index (χ1v) is 7.74. The van der Waals surface area contributed by atoms with Crippen LogP contribution in [0.3, 0.4) is 0 Å². The second-order valence-electron chi connectivity index (χ2n) is 4.68. The van der Waals surface area contributed by atoms with Crippen LogP contribution in [0.15, 0.2) is 12.4 Å². The Balaban J connectivity index is 1.85. The molecule has 2 aromatic rings. The zero-order chi connectivity index (χ0) is 14.4. The number of amides is 1. The van der Waals surface area contributed by atoms with E-state index in [-0.39, 0.29) is 5.91 Å². The number of aryl methyl sites for hydroxylation is 1. The summed E-state index contributed by atoms with van der Waals surface area (Å²) in [6.07, 6.45) is 4.13. The van der Waals surface area contributed by atoms with Gasteiger partial charge >= 0.3 is 0 Å². The lowest BCUT2D eigenvalue weighted by atomic mass is 10.3. The van der Waals surface area contributed by atoms with Crippen molar-refractivity contribution < 1.29 is 4.79 Å². The molecule has 0 aliphatic rings. The first-order chi connectivity index (χ1) is 9.70. The minimum absolute atomic E-state index is 0.0812. The van der Waals surface area contributed by atoms with Crippen LogP contribution in [0, 0.1) is 6.92 Å². The van der Waals surface area contributed by atoms with Gasteiger partial charge in [-0.05, 0) is 19.4 Å². The lowest BCUT2D eigenvalue weighted by Gasteiger charge is -2.07. The van der Waals surface area contributed by atoms with Crippen LogP contribution < -0.4 is 10.6 Å². The maximum Gasteiger partial charge on any atom is 0.221 e. The Morgan fingerprint density at radius 3 is 3.00 bits per heavy atom. The number of rotatable bonds is 7. The van der Waals surface area contributed by atoms with Gasteiger partial charge in [0.1, 0.15) is 17.0 Å². The zero-order valence-corrected chi connectivity index (χ0v) is 12.7. The highest BCUT2D eigenvalue weighted by Gasteiger charge is 2.07. The van der Waals surface area contributed by atoms with Gasteiger partial charge in [-0.15, -0.1) is 11.3 Å². The summed E-state index contributed by atoms with van der Waals surface area (Å²) in [7, 11) is 0. The lowest BCUT2D eigenvalue weighted by molar-refractivity contribution is -0.120. The van der Waals surface area contributed by atoms with Crippen molar-refractivity contribution in [1.29, 1.82) is 0 Å². The maximum absolute atomic E-state index is 11.6. The van der Waals surface area contributed by atoms with Crippen molar-refractivity contribution in [1.82, 2.24) is 15.3 Å². The van der Waals surface area contributed by atoms with Gasteiger partial charge in [0.15, 0.2) is 0 Å². The Labute approximate surface area is 122 Å². The molecule has 0 aromatic carbocycles. The smallest absolute Gasteiger partial charge is 0.221 e. The van der Waals surface area contributed by atoms with Gasteiger partial charge in [-0.25, -0.2) is 9.97 Å². The molecule has 2 heterocycles. The van der Waals surface area contributed by atoms with E-state index in [1.807, 2.05) is 0 Å². The predicted molar refractivity (Wildman–Crippen MR) is 83.2 cm³/mol. The monoisotopic (exact) mass is 292 g/mol. The second-order valence-corrected chi connectivity index (χ2v) is 5.91. The van der Waals surface area contributed by atoms with E-state index in [0.717, 1.165) is 35.4 Å². The predicted octanol–water partition coefficient (Wildman–Crippen LogP) is 2.72. The van der Waals surface area contributed by atoms with Gasteiger partial charge < -0.3 is 10.6 Å². The third kappa shape index (κ3) is 3.90. The summed E-state index contributed by atoms with van der Waals surface area (Å²) in [6.45, 7) is 5.50. The number of anilines is 1. The molecule has 6 heteroatoms. The summed E-state index contributed by atoms with van der Waals surface area (Å²) < 4.78 is 0. The van der Waals surface area contributed by atoms with E-state index in [9.17, 15) is 4.79 Å². The Kier molecular flexibility index (Phi) is 5.29. The molecule has 2 N–H and O–H groups in total. The van der Waals surface area contributed by atoms with E-state index in [1.54, 1.807) is 17.7 Å². The minimum Gasteiger partial charge on any atom is -0.369 e. The summed E-state index contributed by atoms with van der Waals surface area (Å²) in [4.78, 5) is 22.3. The van der Waals surface area contributed by atoms with Crippen LogP contribution in [0.5, 0.6) is 0 Å². The van der Waals surface area contributed by atoms with E-state index in [2.05, 4.69) is 40.5 Å². The Hall–Kier alpha value is -1.69. The highest BCUT2D eigenvalue weighted by atomic mass is 32.1. The van der Waals surface area contributed by atoms with Gasteiger partial charge in [0.25, 0.3) is 0 Å². The molecule has 0 radical (unpaired) electrons. The van der Waals surface area contributed by atoms with Gasteiger partial charge in [0.05, 0.1) is 5.39 Å². The first-order valence-electron chi connectivity index (χ1n) is 6.92. The Morgan fingerprint density at radius 1 is 1.35 bits per heavy atom. The lowest BCUT2D eigenvalue weighted by Crippen LogP contribution is -2.26. The van der Waals surface area contributed by atoms with E-state index < -0.39 is 0 Å². The molecule has 0 saturated heterocycles. The van der Waals surface area contributed by atoms with Gasteiger partial charge in [-0.1, -0.05) is 13.3 Å². The normalized spacial score (nSPS) is 10.7. The number of aromatic nitrogens is 2. The van der Waals surface area contributed by atoms with Crippen molar-refractivity contribution in [2.24, 2.45) is 0 Å². The van der Waals surface area contributed by atoms with Gasteiger partial charge in [-0.3, -0.25) is 4.79 Å². The van der Waals surface area contributed by atoms with Crippen molar-refractivity contribution in [3.63, 3.8) is 0 Å². The number of fused-ring (bicyclic) bond motifs is 1. The van der Waals surface area contributed by atoms with E-state index >= 15 is 0 Å². The Morgan fingerprint density at radius 2 is 2.20 bits per heavy atom. The second kappa shape index (κ2) is 7.19. The average molecular weight is 292 g/mol. The van der Waals surface area contributed by atoms with Crippen LogP contribution in [-0.4, -0.2) is 29.0 Å². The quantitative estimate of drug-likeness (QED) is 0.770. The number of thiophene rings is 1. The molecular formula is C14H20N4OS. The maximum atomic E-state index is 11.6. The molecule has 108 valence electrons. The van der Waals surface area contributed by atoms with Crippen molar-refractivity contribution in [2.45, 2.75) is 33.1 Å². The van der Waals surface area contributed by atoms with Crippen molar-refractivity contribution in [2.75, 3.05) is 18.4 Å². The van der Waals surface area contributed by atoms with E-state index in [1.165, 1.54) is 4.88 Å². The molecule has 0 atom stereocenters. The molecule has 5 nitrogen and oxygen atoms in total. The fourth-order valence-corrected chi connectivity index (χ4v) is 2.75. The molecule has 1 amide bonds. The van der Waals surface area contributed by atoms with Crippen LogP contribution in [0.4, 0.5) is 5.82 Å². The molecule has 2 aromatic heterocycles. The third-order valence-electron chi connectivity index (χ3n) is 2.95. The molecule has 0 fully saturated rings. The third-order valence-corrected chi connectivity index (χ3v) is 3.91. The molecule has 0 aliphatic heterocycles. The average Bonchev–Trinajstić information content (AvgIpc) is 2.80. The standard InChI is InChI=1S/C14H20N4OS/c1-3-4-6-15-12(19)5-7-16-13-11-8-10(2)20-14(11)18-9-17-13/h8-9H,3-7H2,1-2H3,(H,15,19)(H,16,17,18). The summed E-state index contributed by atoms with van der Waals surface area (Å²) in [5, 5.41) is 7.15. The fourth-order valence-electron chi connectivity index (χ4n) is 1.90. The zero-order valence-electron chi connectivity index (χ0n) is 11.9. The highest BCUT2D eigenvalue weighted by Crippen LogP contribution is 2.27. The van der Waals surface area contributed by atoms with E-state index in [4.69, 9.17) is 0 Å². The van der Waals surface area contributed by atoms with Gasteiger partial charge in [-0.2, -0.15) is 0 Å². The first kappa shape index (κ1) is 14.7. The number of hydrogen-bond donors (Lipinski definition) is 2. The molecule has 0 spiro atoms. The minimum atomic E-state index is 0.0812. The summed E-state index contributed by atoms with van der Waals surface area (Å²) in [6, 6.07) is 2.07. The van der Waals surface area contributed by atoms with Crippen molar-refractivity contribution in [3.8, 4) is 0 Å². The summed E-state index contributed by atoms with van der Waals surface area (Å²) >= 11 is 1.65. The number of nitrogens with one attached hydrogen (secondary N) is 2. The topological polar surface area (TPSA) is 66.9 Å². The number of carbonyl (C=O) groups excluding carboxylic acids is 1. The Bertz CT molecular complexity index is 582. The van der Waals surface area contributed by atoms with Crippen LogP contribution in [-0.2, 0) is 4.79 Å². The molecule has 0 unspecified atom stereocenters. The van der Waals surface area contributed by atoms with Crippen LogP contribution in [0.2, 0.25) is 0 Å². The summed E-state index contributed by atoms with van der Waals surface area (Å²) in [5.74, 6) is 0.887. The molecule has 0 aliphatic carbocycles. The molecular weight excluding hydrogens is 272 g/mol. The number of nitrogens with zero attached hydrogens (tertiary/aromatic N) is 2. The van der Waals surface area contributed by atoms with Crippen LogP contribution in [0.1, 0.15) is 31.1 Å². The fraction of sp³-hybridized carbons (Fsp3) is 0.500. The van der Waals surface area contributed by atoms with Gasteiger partial charge in [0.2, 0.25) is 5.91 Å². The van der Waals surface area contributed by atoms with Crippen LogP contribution >= 0.6 is 11.3 Å². The molecule has 0 saturated carbocycles. The largest absolute Gasteiger partial charge is 0.369 e. The highest BCUT2D eigenvalue weighted by molar-refractivity contribution is 7.18. The number of hydrogen-bond acceptors (Lipinski definition) is 5. The molecule has 0 bridgehead atoms. The SMILES string of the molecule is CCCCNC(=O)CCNc1ncnc2sc(C)cc12. The molecule has 2 rings (SSSR count). The van der Waals surface area contributed by atoms with Crippen molar-refractivity contribution in [3.05, 3.63) is 17.3 Å². The number of unbranched alkanes of at least 4 members (excludes halogenated alkanes) is 1. The summed E-state index contributed by atoms with van der Waals surface area (Å²) in [5.41, 5.74) is 0. The number of carbonyl (C=O) groups is 1. The van der Waals surface area contributed by atoms with E-state index in [0.29, 0.717) is 13.0 Å². The van der Waals surface area contributed by atoms with Crippen molar-refractivity contribution >= 4 is 33.3 Å².